The van der Waals surface area contributed by atoms with E-state index in [2.05, 4.69) is 5.10 Å². The van der Waals surface area contributed by atoms with E-state index in [1.807, 2.05) is 0 Å². The number of aryl methyl sites for hydroxylation is 1. The van der Waals surface area contributed by atoms with E-state index in [0.29, 0.717) is 0 Å². The van der Waals surface area contributed by atoms with Crippen molar-refractivity contribution in [2.45, 2.75) is 12.8 Å². The van der Waals surface area contributed by atoms with Gasteiger partial charge in [0.25, 0.3) is 0 Å². The van der Waals surface area contributed by atoms with Gasteiger partial charge in [-0.25, -0.2) is 5.11 Å². The molecule has 13 heavy (non-hydrogen) atoms. The molecule has 1 aromatic heterocycles. The van der Waals surface area contributed by atoms with Gasteiger partial charge in [0.1, 0.15) is 11.8 Å². The van der Waals surface area contributed by atoms with Crippen LogP contribution in [0.15, 0.2) is 0 Å². The maximum atomic E-state index is 12.2. The third kappa shape index (κ3) is 1.78. The van der Waals surface area contributed by atoms with Gasteiger partial charge in [-0.3, -0.25) is 4.68 Å². The molecule has 0 aromatic carbocycles. The molecule has 0 aliphatic carbocycles. The van der Waals surface area contributed by atoms with E-state index in [1.54, 1.807) is 0 Å². The number of nitrogens with zero attached hydrogens (tertiary/aromatic N) is 2. The molecule has 0 saturated heterocycles. The molecule has 0 aliphatic heterocycles. The smallest absolute Gasteiger partial charge is 0.256 e. The maximum absolute atomic E-state index is 12.2. The highest BCUT2D eigenvalue weighted by molar-refractivity contribution is 6.30. The zero-order chi connectivity index (χ0) is 10.2. The van der Waals surface area contributed by atoms with Gasteiger partial charge in [0.05, 0.1) is 5.56 Å². The molecule has 0 unspecified atom stereocenters. The topological polar surface area (TPSA) is 37.7 Å². The molecule has 1 rings (SSSR count). The van der Waals surface area contributed by atoms with Gasteiger partial charge in [0.2, 0.25) is 0 Å². The zero-order valence-corrected chi connectivity index (χ0v) is 7.28. The van der Waals surface area contributed by atoms with Gasteiger partial charge in [0, 0.05) is 7.05 Å². The van der Waals surface area contributed by atoms with Crippen molar-refractivity contribution in [2.75, 3.05) is 0 Å². The largest absolute Gasteiger partial charge is 0.435 e. The lowest BCUT2D eigenvalue weighted by atomic mass is 10.2. The van der Waals surface area contributed by atoms with Crippen LogP contribution in [-0.4, -0.2) is 9.78 Å². The molecule has 7 heteroatoms. The Labute approximate surface area is 76.7 Å². The second-order valence-corrected chi connectivity index (χ2v) is 2.74. The number of rotatable bonds is 1. The fourth-order valence-electron chi connectivity index (χ4n) is 0.903. The standard InChI is InChI=1S/C6H5ClF3N2O/c1-12-5(7)3(2-13)4(11-12)6(8,9)10/h2H2,1H3. The summed E-state index contributed by atoms with van der Waals surface area (Å²) in [5.41, 5.74) is -1.70. The lowest BCUT2D eigenvalue weighted by Crippen LogP contribution is -2.09. The first-order valence-electron chi connectivity index (χ1n) is 3.24. The Morgan fingerprint density at radius 1 is 1.54 bits per heavy atom. The van der Waals surface area contributed by atoms with E-state index in [4.69, 9.17) is 11.6 Å². The minimum atomic E-state index is -4.62. The van der Waals surface area contributed by atoms with E-state index in [0.717, 1.165) is 4.68 Å². The van der Waals surface area contributed by atoms with Crippen LogP contribution in [0.4, 0.5) is 13.2 Å². The molecular weight excluding hydrogens is 209 g/mol. The van der Waals surface area contributed by atoms with Crippen molar-refractivity contribution < 1.29 is 18.3 Å². The summed E-state index contributed by atoms with van der Waals surface area (Å²) in [6.45, 7) is -1.03. The molecule has 1 aromatic rings. The van der Waals surface area contributed by atoms with Gasteiger partial charge in [-0.15, -0.1) is 0 Å². The average molecular weight is 214 g/mol. The van der Waals surface area contributed by atoms with E-state index in [9.17, 15) is 18.3 Å². The summed E-state index contributed by atoms with van der Waals surface area (Å²) in [7, 11) is 1.25. The lowest BCUT2D eigenvalue weighted by Gasteiger charge is -2.02. The molecule has 0 spiro atoms. The predicted octanol–water partition coefficient (Wildman–Crippen LogP) is 2.02. The summed E-state index contributed by atoms with van der Waals surface area (Å²) in [4.78, 5) is 0. The first-order chi connectivity index (χ1) is 5.88. The third-order valence-corrected chi connectivity index (χ3v) is 1.95. The van der Waals surface area contributed by atoms with Gasteiger partial charge in [0.15, 0.2) is 5.69 Å². The Bertz CT molecular complexity index is 320. The summed E-state index contributed by atoms with van der Waals surface area (Å²) in [6.07, 6.45) is -4.62. The minimum Gasteiger partial charge on any atom is -0.256 e. The van der Waals surface area contributed by atoms with Crippen LogP contribution in [0.3, 0.4) is 0 Å². The molecule has 3 nitrogen and oxygen atoms in total. The monoisotopic (exact) mass is 213 g/mol. The average Bonchev–Trinajstić information content (AvgIpc) is 2.28. The van der Waals surface area contributed by atoms with Crippen LogP contribution in [0.1, 0.15) is 11.3 Å². The van der Waals surface area contributed by atoms with E-state index in [1.165, 1.54) is 7.05 Å². The molecule has 1 heterocycles. The van der Waals surface area contributed by atoms with E-state index >= 15 is 0 Å². The van der Waals surface area contributed by atoms with Crippen molar-refractivity contribution in [1.82, 2.24) is 9.78 Å². The van der Waals surface area contributed by atoms with Crippen molar-refractivity contribution in [1.29, 1.82) is 0 Å². The highest BCUT2D eigenvalue weighted by atomic mass is 35.5. The summed E-state index contributed by atoms with van der Waals surface area (Å²) < 4.78 is 37.3. The Hall–Kier alpha value is -0.750. The first-order valence-corrected chi connectivity index (χ1v) is 3.62. The summed E-state index contributed by atoms with van der Waals surface area (Å²) in [5, 5.41) is 13.2. The second kappa shape index (κ2) is 3.19. The quantitative estimate of drug-likeness (QED) is 0.703. The molecular formula is C6H5ClF3N2O. The van der Waals surface area contributed by atoms with Crippen LogP contribution in [0, 0.1) is 0 Å². The van der Waals surface area contributed by atoms with E-state index < -0.39 is 24.0 Å². The van der Waals surface area contributed by atoms with Gasteiger partial charge >= 0.3 is 6.18 Å². The molecule has 0 fully saturated rings. The van der Waals surface area contributed by atoms with Crippen LogP contribution >= 0.6 is 11.6 Å². The van der Waals surface area contributed by atoms with Crippen LogP contribution in [0.2, 0.25) is 5.15 Å². The van der Waals surface area contributed by atoms with Crippen LogP contribution in [0.25, 0.3) is 0 Å². The molecule has 1 radical (unpaired) electrons. The number of alkyl halides is 3. The molecule has 0 bridgehead atoms. The molecule has 0 saturated carbocycles. The Kier molecular flexibility index (Phi) is 2.53. The molecule has 0 aliphatic rings. The SMILES string of the molecule is Cn1nc(C(F)(F)F)c(C[O])c1Cl. The normalized spacial score (nSPS) is 12.2. The number of hydrogen-bond acceptors (Lipinski definition) is 1. The lowest BCUT2D eigenvalue weighted by molar-refractivity contribution is -0.142. The van der Waals surface area contributed by atoms with Crippen LogP contribution in [-0.2, 0) is 24.9 Å². The van der Waals surface area contributed by atoms with Crippen molar-refractivity contribution in [3.05, 3.63) is 16.4 Å². The van der Waals surface area contributed by atoms with Crippen LogP contribution < -0.4 is 0 Å². The highest BCUT2D eigenvalue weighted by Gasteiger charge is 2.38. The minimum absolute atomic E-state index is 0.262. The summed E-state index contributed by atoms with van der Waals surface area (Å²) in [6, 6.07) is 0. The molecule has 0 amide bonds. The summed E-state index contributed by atoms with van der Waals surface area (Å²) in [5.74, 6) is 0. The number of halogens is 4. The highest BCUT2D eigenvalue weighted by Crippen LogP contribution is 2.33. The van der Waals surface area contributed by atoms with Crippen molar-refractivity contribution >= 4 is 11.6 Å². The summed E-state index contributed by atoms with van der Waals surface area (Å²) >= 11 is 5.42. The third-order valence-electron chi connectivity index (χ3n) is 1.48. The zero-order valence-electron chi connectivity index (χ0n) is 6.52. The molecule has 0 atom stereocenters. The molecule has 0 N–H and O–H groups in total. The predicted molar refractivity (Wildman–Crippen MR) is 37.6 cm³/mol. The number of hydrogen-bond donors (Lipinski definition) is 0. The number of aromatic nitrogens is 2. The maximum Gasteiger partial charge on any atom is 0.435 e. The fourth-order valence-corrected chi connectivity index (χ4v) is 1.08. The molecule has 73 valence electrons. The fraction of sp³-hybridized carbons (Fsp3) is 0.500. The Morgan fingerprint density at radius 3 is 2.38 bits per heavy atom. The van der Waals surface area contributed by atoms with Crippen molar-refractivity contribution in [2.24, 2.45) is 7.05 Å². The Balaban J connectivity index is 3.30. The van der Waals surface area contributed by atoms with Gasteiger partial charge in [-0.2, -0.15) is 18.3 Å². The van der Waals surface area contributed by atoms with E-state index in [-0.39, 0.29) is 5.15 Å². The van der Waals surface area contributed by atoms with Gasteiger partial charge in [-0.1, -0.05) is 11.6 Å². The van der Waals surface area contributed by atoms with Crippen molar-refractivity contribution in [3.63, 3.8) is 0 Å². The van der Waals surface area contributed by atoms with Crippen molar-refractivity contribution in [3.8, 4) is 0 Å². The van der Waals surface area contributed by atoms with Gasteiger partial charge < -0.3 is 0 Å². The Morgan fingerprint density at radius 2 is 2.08 bits per heavy atom. The van der Waals surface area contributed by atoms with Gasteiger partial charge in [-0.05, 0) is 0 Å². The first kappa shape index (κ1) is 10.3. The second-order valence-electron chi connectivity index (χ2n) is 2.38. The van der Waals surface area contributed by atoms with Crippen LogP contribution in [0.5, 0.6) is 0 Å².